The third kappa shape index (κ3) is 6.20. The standard InChI is InChI=1S/C32H30ClF3N2O7/c1-30(2)11-20-28(22(39)13-30)27(29-21(37(20)15-26(41)42)12-31(3,4)14-23(29)40)16-5-7-24(18(33)9-16)45-25-8-6-17(32(34,35)36)10-19(25)38(43)44/h5-10,27H,11-15H2,1-4H3,(H,41,42). The second kappa shape index (κ2) is 11.0. The summed E-state index contributed by atoms with van der Waals surface area (Å²) in [4.78, 5) is 51.8. The summed E-state index contributed by atoms with van der Waals surface area (Å²) in [5.41, 5.74) is -0.863. The molecule has 9 nitrogen and oxygen atoms in total. The highest BCUT2D eigenvalue weighted by Gasteiger charge is 2.49. The minimum atomic E-state index is -4.80. The van der Waals surface area contributed by atoms with Crippen molar-refractivity contribution in [1.82, 2.24) is 4.90 Å². The van der Waals surface area contributed by atoms with E-state index in [4.69, 9.17) is 16.3 Å². The Morgan fingerprint density at radius 3 is 1.98 bits per heavy atom. The molecule has 3 aliphatic rings. The summed E-state index contributed by atoms with van der Waals surface area (Å²) >= 11 is 6.58. The number of nitro groups is 1. The van der Waals surface area contributed by atoms with Gasteiger partial charge in [-0.2, -0.15) is 13.2 Å². The number of carbonyl (C=O) groups excluding carboxylic acids is 2. The van der Waals surface area contributed by atoms with Gasteiger partial charge in [0, 0.05) is 47.4 Å². The molecule has 1 N–H and O–H groups in total. The molecule has 0 saturated carbocycles. The van der Waals surface area contributed by atoms with Crippen LogP contribution in [0.5, 0.6) is 11.5 Å². The number of carboxylic acids is 1. The molecule has 5 rings (SSSR count). The molecule has 2 aromatic rings. The van der Waals surface area contributed by atoms with Gasteiger partial charge in [0.1, 0.15) is 12.3 Å². The summed E-state index contributed by atoms with van der Waals surface area (Å²) < 4.78 is 45.1. The van der Waals surface area contributed by atoms with Gasteiger partial charge in [-0.25, -0.2) is 0 Å². The molecule has 0 atom stereocenters. The quantitative estimate of drug-likeness (QED) is 0.248. The molecule has 0 saturated heterocycles. The number of nitrogens with zero attached hydrogens (tertiary/aromatic N) is 2. The minimum Gasteiger partial charge on any atom is -0.480 e. The molecule has 0 aromatic heterocycles. The first-order valence-corrected chi connectivity index (χ1v) is 14.5. The van der Waals surface area contributed by atoms with Crippen molar-refractivity contribution < 1.29 is 42.3 Å². The molecule has 0 radical (unpaired) electrons. The number of Topliss-reactive ketones (excluding diaryl/α,β-unsaturated/α-hetero) is 2. The van der Waals surface area contributed by atoms with Crippen LogP contribution in [-0.4, -0.2) is 39.0 Å². The fraction of sp³-hybridized carbons (Fsp3) is 0.406. The van der Waals surface area contributed by atoms with Gasteiger partial charge in [0.2, 0.25) is 5.75 Å². The van der Waals surface area contributed by atoms with E-state index in [0.29, 0.717) is 53.1 Å². The Hall–Kier alpha value is -4.19. The van der Waals surface area contributed by atoms with E-state index in [9.17, 15) is 42.8 Å². The van der Waals surface area contributed by atoms with Crippen LogP contribution in [0.1, 0.15) is 70.4 Å². The summed E-state index contributed by atoms with van der Waals surface area (Å²) in [7, 11) is 0. The van der Waals surface area contributed by atoms with Crippen LogP contribution < -0.4 is 4.74 Å². The van der Waals surface area contributed by atoms with E-state index >= 15 is 0 Å². The highest BCUT2D eigenvalue weighted by molar-refractivity contribution is 6.32. The van der Waals surface area contributed by atoms with E-state index < -0.39 is 57.4 Å². The number of alkyl halides is 3. The number of hydrogen-bond donors (Lipinski definition) is 1. The molecule has 0 spiro atoms. The fourth-order valence-corrected chi connectivity index (χ4v) is 6.76. The van der Waals surface area contributed by atoms with Gasteiger partial charge in [0.05, 0.1) is 15.5 Å². The van der Waals surface area contributed by atoms with E-state index in [-0.39, 0.29) is 35.2 Å². The highest BCUT2D eigenvalue weighted by Crippen LogP contribution is 2.55. The zero-order valence-electron chi connectivity index (χ0n) is 24.9. The predicted molar refractivity (Wildman–Crippen MR) is 157 cm³/mol. The molecule has 2 aliphatic carbocycles. The van der Waals surface area contributed by atoms with E-state index in [0.717, 1.165) is 6.07 Å². The lowest BCUT2D eigenvalue weighted by Gasteiger charge is -2.48. The van der Waals surface area contributed by atoms with Gasteiger partial charge in [-0.15, -0.1) is 0 Å². The summed E-state index contributed by atoms with van der Waals surface area (Å²) in [6.45, 7) is 7.27. The molecule has 0 amide bonds. The number of ketones is 2. The number of ether oxygens (including phenoxy) is 1. The number of hydrogen-bond acceptors (Lipinski definition) is 7. The van der Waals surface area contributed by atoms with Crippen LogP contribution in [-0.2, 0) is 20.6 Å². The molecule has 1 heterocycles. The van der Waals surface area contributed by atoms with Gasteiger partial charge in [0.25, 0.3) is 0 Å². The number of allylic oxidation sites excluding steroid dienone is 4. The first-order valence-electron chi connectivity index (χ1n) is 14.1. The van der Waals surface area contributed by atoms with Crippen molar-refractivity contribution in [2.75, 3.05) is 6.54 Å². The number of rotatable bonds is 6. The number of benzene rings is 2. The van der Waals surface area contributed by atoms with Crippen LogP contribution in [0.25, 0.3) is 0 Å². The molecule has 45 heavy (non-hydrogen) atoms. The Balaban J connectivity index is 1.63. The Morgan fingerprint density at radius 1 is 0.978 bits per heavy atom. The average molecular weight is 647 g/mol. The van der Waals surface area contributed by atoms with Crippen molar-refractivity contribution in [1.29, 1.82) is 0 Å². The second-order valence-corrected chi connectivity index (χ2v) is 13.7. The van der Waals surface area contributed by atoms with E-state index in [1.807, 2.05) is 27.7 Å². The van der Waals surface area contributed by atoms with Gasteiger partial charge >= 0.3 is 17.8 Å². The van der Waals surface area contributed by atoms with Crippen molar-refractivity contribution in [2.24, 2.45) is 10.8 Å². The van der Waals surface area contributed by atoms with Gasteiger partial charge in [-0.1, -0.05) is 45.4 Å². The molecular weight excluding hydrogens is 617 g/mol. The topological polar surface area (TPSA) is 127 Å². The Kier molecular flexibility index (Phi) is 7.88. The van der Waals surface area contributed by atoms with Gasteiger partial charge in [-0.05, 0) is 53.5 Å². The molecule has 238 valence electrons. The molecule has 0 unspecified atom stereocenters. The monoisotopic (exact) mass is 646 g/mol. The lowest BCUT2D eigenvalue weighted by molar-refractivity contribution is -0.385. The molecule has 13 heteroatoms. The van der Waals surface area contributed by atoms with Crippen LogP contribution in [0.2, 0.25) is 5.02 Å². The number of nitro benzene ring substituents is 1. The maximum Gasteiger partial charge on any atom is 0.416 e. The number of carbonyl (C=O) groups is 3. The minimum absolute atomic E-state index is 0.0638. The molecule has 0 fully saturated rings. The van der Waals surface area contributed by atoms with E-state index in [1.54, 1.807) is 11.0 Å². The van der Waals surface area contributed by atoms with Crippen molar-refractivity contribution in [2.45, 2.75) is 65.5 Å². The maximum atomic E-state index is 13.8. The first kappa shape index (κ1) is 32.2. The van der Waals surface area contributed by atoms with E-state index in [2.05, 4.69) is 0 Å². The molecule has 0 bridgehead atoms. The zero-order chi connectivity index (χ0) is 33.2. The summed E-state index contributed by atoms with van der Waals surface area (Å²) in [6.07, 6.45) is -3.65. The summed E-state index contributed by atoms with van der Waals surface area (Å²) in [5, 5.41) is 21.3. The Bertz CT molecular complexity index is 1670. The third-order valence-electron chi connectivity index (χ3n) is 8.31. The number of carboxylic acid groups (broad SMARTS) is 1. The molecule has 1 aliphatic heterocycles. The molecular formula is C32H30ClF3N2O7. The van der Waals surface area contributed by atoms with Crippen molar-refractivity contribution in [3.05, 3.63) is 85.2 Å². The summed E-state index contributed by atoms with van der Waals surface area (Å²) in [5.74, 6) is -2.96. The van der Waals surface area contributed by atoms with Gasteiger partial charge < -0.3 is 14.7 Å². The smallest absolute Gasteiger partial charge is 0.416 e. The van der Waals surface area contributed by atoms with Crippen LogP contribution in [0.15, 0.2) is 58.9 Å². The highest BCUT2D eigenvalue weighted by atomic mass is 35.5. The average Bonchev–Trinajstić information content (AvgIpc) is 2.88. The van der Waals surface area contributed by atoms with Crippen LogP contribution in [0.4, 0.5) is 18.9 Å². The zero-order valence-corrected chi connectivity index (χ0v) is 25.6. The normalized spacial score (nSPS) is 19.8. The van der Waals surface area contributed by atoms with Crippen molar-refractivity contribution in [3.8, 4) is 11.5 Å². The van der Waals surface area contributed by atoms with Crippen LogP contribution in [0, 0.1) is 20.9 Å². The maximum absolute atomic E-state index is 13.8. The SMILES string of the molecule is CC1(C)CC(=O)C2=C(C1)N(CC(=O)O)C1=C(C(=O)CC(C)(C)C1)C2c1ccc(Oc2ccc(C(F)(F)F)cc2[N+](=O)[O-])c(Cl)c1. The van der Waals surface area contributed by atoms with Crippen LogP contribution in [0.3, 0.4) is 0 Å². The third-order valence-corrected chi connectivity index (χ3v) is 8.60. The fourth-order valence-electron chi connectivity index (χ4n) is 6.53. The second-order valence-electron chi connectivity index (χ2n) is 13.2. The van der Waals surface area contributed by atoms with Crippen LogP contribution >= 0.6 is 11.6 Å². The van der Waals surface area contributed by atoms with Gasteiger partial charge in [0.15, 0.2) is 11.6 Å². The van der Waals surface area contributed by atoms with Crippen molar-refractivity contribution in [3.63, 3.8) is 0 Å². The lowest BCUT2D eigenvalue weighted by atomic mass is 9.63. The largest absolute Gasteiger partial charge is 0.480 e. The summed E-state index contributed by atoms with van der Waals surface area (Å²) in [6, 6.07) is 6.24. The lowest BCUT2D eigenvalue weighted by Crippen LogP contribution is -2.45. The first-order chi connectivity index (χ1) is 20.8. The predicted octanol–water partition coefficient (Wildman–Crippen LogP) is 7.83. The molecule has 2 aromatic carbocycles. The Morgan fingerprint density at radius 2 is 1.51 bits per heavy atom. The van der Waals surface area contributed by atoms with E-state index in [1.165, 1.54) is 12.1 Å². The Labute approximate surface area is 261 Å². The van der Waals surface area contributed by atoms with Gasteiger partial charge in [-0.3, -0.25) is 24.5 Å². The van der Waals surface area contributed by atoms with Crippen molar-refractivity contribution >= 4 is 34.8 Å². The number of halogens is 4. The number of aliphatic carboxylic acids is 1.